The summed E-state index contributed by atoms with van der Waals surface area (Å²) >= 11 is 0. The second-order valence-corrected chi connectivity index (χ2v) is 8.20. The van der Waals surface area contributed by atoms with Crippen LogP contribution >= 0.6 is 0 Å². The molecule has 1 fully saturated rings. The Bertz CT molecular complexity index is 535. The minimum atomic E-state index is -0.204. The summed E-state index contributed by atoms with van der Waals surface area (Å²) in [6, 6.07) is 7.39. The van der Waals surface area contributed by atoms with Crippen LogP contribution in [0.5, 0.6) is 5.75 Å². The first kappa shape index (κ1) is 20.8. The van der Waals surface area contributed by atoms with Crippen molar-refractivity contribution in [2.45, 2.75) is 78.7 Å². The summed E-state index contributed by atoms with van der Waals surface area (Å²) in [5.74, 6) is 2.27. The van der Waals surface area contributed by atoms with Crippen LogP contribution in [0, 0.1) is 17.8 Å². The van der Waals surface area contributed by atoms with Gasteiger partial charge in [-0.2, -0.15) is 0 Å². The SMILES string of the molecule is CCCCCCOc1ccc(C(=O)O[C@H]2C[C@@H](C)CC[C@@H]2C(C)C)cc1. The van der Waals surface area contributed by atoms with Crippen LogP contribution in [0.15, 0.2) is 24.3 Å². The highest BCUT2D eigenvalue weighted by Crippen LogP contribution is 2.35. The zero-order chi connectivity index (χ0) is 18.9. The Balaban J connectivity index is 1.86. The first-order chi connectivity index (χ1) is 12.5. The molecule has 0 N–H and O–H groups in total. The van der Waals surface area contributed by atoms with Gasteiger partial charge in [0.15, 0.2) is 0 Å². The minimum absolute atomic E-state index is 0.0424. The molecule has 146 valence electrons. The third kappa shape index (κ3) is 6.34. The van der Waals surface area contributed by atoms with Gasteiger partial charge in [0.2, 0.25) is 0 Å². The number of hydrogen-bond donors (Lipinski definition) is 0. The van der Waals surface area contributed by atoms with Crippen LogP contribution < -0.4 is 4.74 Å². The van der Waals surface area contributed by atoms with Crippen LogP contribution in [0.25, 0.3) is 0 Å². The quantitative estimate of drug-likeness (QED) is 0.385. The lowest BCUT2D eigenvalue weighted by molar-refractivity contribution is -0.0174. The number of carbonyl (C=O) groups is 1. The van der Waals surface area contributed by atoms with Crippen molar-refractivity contribution in [1.82, 2.24) is 0 Å². The second kappa shape index (κ2) is 10.6. The van der Waals surface area contributed by atoms with Gasteiger partial charge in [0.05, 0.1) is 12.2 Å². The molecule has 1 aromatic rings. The lowest BCUT2D eigenvalue weighted by Crippen LogP contribution is -2.35. The summed E-state index contributed by atoms with van der Waals surface area (Å²) in [7, 11) is 0. The van der Waals surface area contributed by atoms with E-state index in [2.05, 4.69) is 27.7 Å². The third-order valence-electron chi connectivity index (χ3n) is 5.58. The van der Waals surface area contributed by atoms with E-state index >= 15 is 0 Å². The van der Waals surface area contributed by atoms with Gasteiger partial charge >= 0.3 is 5.97 Å². The van der Waals surface area contributed by atoms with Gasteiger partial charge in [0.25, 0.3) is 0 Å². The van der Waals surface area contributed by atoms with Crippen LogP contribution in [0.3, 0.4) is 0 Å². The summed E-state index contributed by atoms with van der Waals surface area (Å²) in [4.78, 5) is 12.6. The maximum atomic E-state index is 12.6. The summed E-state index contributed by atoms with van der Waals surface area (Å²) in [5.41, 5.74) is 0.615. The Kier molecular flexibility index (Phi) is 8.47. The van der Waals surface area contributed by atoms with Gasteiger partial charge in [-0.25, -0.2) is 4.79 Å². The fraction of sp³-hybridized carbons (Fsp3) is 0.696. The topological polar surface area (TPSA) is 35.5 Å². The number of ether oxygens (including phenoxy) is 2. The lowest BCUT2D eigenvalue weighted by atomic mass is 9.75. The van der Waals surface area contributed by atoms with Crippen LogP contribution in [-0.2, 0) is 4.74 Å². The summed E-state index contributed by atoms with van der Waals surface area (Å²) in [6.07, 6.45) is 8.18. The van der Waals surface area contributed by atoms with Gasteiger partial charge in [-0.1, -0.05) is 53.4 Å². The number of benzene rings is 1. The molecule has 0 unspecified atom stereocenters. The van der Waals surface area contributed by atoms with Gasteiger partial charge in [0.1, 0.15) is 11.9 Å². The molecule has 0 aliphatic heterocycles. The Labute approximate surface area is 159 Å². The largest absolute Gasteiger partial charge is 0.494 e. The van der Waals surface area contributed by atoms with E-state index in [0.717, 1.165) is 31.6 Å². The average molecular weight is 361 g/mol. The number of carbonyl (C=O) groups excluding carboxylic acids is 1. The smallest absolute Gasteiger partial charge is 0.338 e. The highest BCUT2D eigenvalue weighted by Gasteiger charge is 2.33. The van der Waals surface area contributed by atoms with Crippen molar-refractivity contribution in [1.29, 1.82) is 0 Å². The van der Waals surface area contributed by atoms with E-state index in [1.807, 2.05) is 24.3 Å². The van der Waals surface area contributed by atoms with Crippen molar-refractivity contribution in [2.24, 2.45) is 17.8 Å². The Morgan fingerprint density at radius 3 is 2.50 bits per heavy atom. The van der Waals surface area contributed by atoms with E-state index in [0.29, 0.717) is 23.3 Å². The molecule has 1 aromatic carbocycles. The van der Waals surface area contributed by atoms with Crippen LogP contribution in [0.4, 0.5) is 0 Å². The molecule has 3 heteroatoms. The maximum absolute atomic E-state index is 12.6. The van der Waals surface area contributed by atoms with Crippen molar-refractivity contribution in [3.05, 3.63) is 29.8 Å². The van der Waals surface area contributed by atoms with E-state index in [1.54, 1.807) is 0 Å². The van der Waals surface area contributed by atoms with Crippen molar-refractivity contribution >= 4 is 5.97 Å². The molecule has 1 saturated carbocycles. The standard InChI is InChI=1S/C23H36O3/c1-5-6-7-8-15-25-20-12-10-19(11-13-20)23(24)26-22-16-18(4)9-14-21(22)17(2)3/h10-13,17-18,21-22H,5-9,14-16H2,1-4H3/t18-,21+,22-/m0/s1. The van der Waals surface area contributed by atoms with Crippen LogP contribution in [0.2, 0.25) is 0 Å². The van der Waals surface area contributed by atoms with E-state index in [-0.39, 0.29) is 12.1 Å². The highest BCUT2D eigenvalue weighted by molar-refractivity contribution is 5.89. The first-order valence-corrected chi connectivity index (χ1v) is 10.4. The molecule has 26 heavy (non-hydrogen) atoms. The fourth-order valence-electron chi connectivity index (χ4n) is 3.86. The van der Waals surface area contributed by atoms with Crippen molar-refractivity contribution in [3.63, 3.8) is 0 Å². The van der Waals surface area contributed by atoms with Gasteiger partial charge in [-0.05, 0) is 61.3 Å². The van der Waals surface area contributed by atoms with Gasteiger partial charge < -0.3 is 9.47 Å². The van der Waals surface area contributed by atoms with Crippen LogP contribution in [0.1, 0.15) is 83.0 Å². The number of rotatable bonds is 9. The van der Waals surface area contributed by atoms with Crippen molar-refractivity contribution < 1.29 is 14.3 Å². The summed E-state index contributed by atoms with van der Waals surface area (Å²) in [6.45, 7) is 9.65. The molecule has 0 aromatic heterocycles. The van der Waals surface area contributed by atoms with Gasteiger partial charge in [-0.3, -0.25) is 0 Å². The Hall–Kier alpha value is -1.51. The summed E-state index contributed by atoms with van der Waals surface area (Å²) in [5, 5.41) is 0. The average Bonchev–Trinajstić information content (AvgIpc) is 2.62. The minimum Gasteiger partial charge on any atom is -0.494 e. The monoisotopic (exact) mass is 360 g/mol. The molecule has 0 radical (unpaired) electrons. The molecule has 1 aliphatic rings. The molecule has 0 amide bonds. The lowest BCUT2D eigenvalue weighted by Gasteiger charge is -2.36. The van der Waals surface area contributed by atoms with Gasteiger partial charge in [-0.15, -0.1) is 0 Å². The Morgan fingerprint density at radius 1 is 1.12 bits per heavy atom. The number of hydrogen-bond acceptors (Lipinski definition) is 3. The third-order valence-corrected chi connectivity index (χ3v) is 5.58. The zero-order valence-electron chi connectivity index (χ0n) is 17.0. The predicted molar refractivity (Wildman–Crippen MR) is 107 cm³/mol. The van der Waals surface area contributed by atoms with Crippen LogP contribution in [-0.4, -0.2) is 18.7 Å². The van der Waals surface area contributed by atoms with Crippen molar-refractivity contribution in [2.75, 3.05) is 6.61 Å². The van der Waals surface area contributed by atoms with Crippen molar-refractivity contribution in [3.8, 4) is 5.75 Å². The molecule has 0 bridgehead atoms. The molecule has 1 aliphatic carbocycles. The van der Waals surface area contributed by atoms with E-state index < -0.39 is 0 Å². The van der Waals surface area contributed by atoms with Gasteiger partial charge in [0, 0.05) is 0 Å². The normalized spacial score (nSPS) is 23.0. The molecular formula is C23H36O3. The molecule has 0 saturated heterocycles. The molecule has 0 heterocycles. The molecule has 0 spiro atoms. The number of unbranched alkanes of at least 4 members (excludes halogenated alkanes) is 3. The molecule has 3 nitrogen and oxygen atoms in total. The highest BCUT2D eigenvalue weighted by atomic mass is 16.5. The van der Waals surface area contributed by atoms with E-state index in [9.17, 15) is 4.79 Å². The van der Waals surface area contributed by atoms with E-state index in [1.165, 1.54) is 25.7 Å². The fourth-order valence-corrected chi connectivity index (χ4v) is 3.86. The maximum Gasteiger partial charge on any atom is 0.338 e. The van der Waals surface area contributed by atoms with E-state index in [4.69, 9.17) is 9.47 Å². The summed E-state index contributed by atoms with van der Waals surface area (Å²) < 4.78 is 11.7. The Morgan fingerprint density at radius 2 is 1.85 bits per heavy atom. The zero-order valence-corrected chi connectivity index (χ0v) is 17.0. The molecule has 3 atom stereocenters. The predicted octanol–water partition coefficient (Wildman–Crippen LogP) is 6.26. The molecular weight excluding hydrogens is 324 g/mol. The number of esters is 1. The second-order valence-electron chi connectivity index (χ2n) is 8.20. The first-order valence-electron chi connectivity index (χ1n) is 10.4. The molecule has 2 rings (SSSR count).